The van der Waals surface area contributed by atoms with E-state index in [4.69, 9.17) is 4.74 Å². The van der Waals surface area contributed by atoms with Gasteiger partial charge in [0.25, 0.3) is 0 Å². The summed E-state index contributed by atoms with van der Waals surface area (Å²) in [5.74, 6) is 0.914. The fraction of sp³-hybridized carbons (Fsp3) is 0.280. The highest BCUT2D eigenvalue weighted by Crippen LogP contribution is 2.28. The Morgan fingerprint density at radius 1 is 0.929 bits per heavy atom. The molecule has 1 aliphatic heterocycles. The fourth-order valence-corrected chi connectivity index (χ4v) is 3.93. The van der Waals surface area contributed by atoms with Gasteiger partial charge in [-0.1, -0.05) is 55.0 Å². The first-order valence-corrected chi connectivity index (χ1v) is 10.1. The Hall–Kier alpha value is -2.78. The third-order valence-corrected chi connectivity index (χ3v) is 5.47. The zero-order chi connectivity index (χ0) is 19.2. The van der Waals surface area contributed by atoms with Crippen LogP contribution < -0.4 is 15.4 Å². The summed E-state index contributed by atoms with van der Waals surface area (Å²) in [6.45, 7) is 1.84. The van der Waals surface area contributed by atoms with Crippen LogP contribution in [0.1, 0.15) is 36.4 Å². The maximum absolute atomic E-state index is 5.59. The fourth-order valence-electron chi connectivity index (χ4n) is 3.93. The molecule has 0 aromatic heterocycles. The van der Waals surface area contributed by atoms with Crippen LogP contribution in [0.15, 0.2) is 72.8 Å². The van der Waals surface area contributed by atoms with Gasteiger partial charge in [-0.15, -0.1) is 0 Å². The molecule has 0 radical (unpaired) electrons. The first-order chi connectivity index (χ1) is 13.8. The van der Waals surface area contributed by atoms with Crippen LogP contribution >= 0.6 is 0 Å². The summed E-state index contributed by atoms with van der Waals surface area (Å²) in [5.41, 5.74) is 6.10. The van der Waals surface area contributed by atoms with Crippen molar-refractivity contribution in [3.05, 3.63) is 83.9 Å². The highest BCUT2D eigenvalue weighted by atomic mass is 16.5. The van der Waals surface area contributed by atoms with E-state index in [1.165, 1.54) is 36.0 Å². The number of benzene rings is 3. The Morgan fingerprint density at radius 2 is 1.82 bits per heavy atom. The molecule has 0 unspecified atom stereocenters. The summed E-state index contributed by atoms with van der Waals surface area (Å²) in [6.07, 6.45) is 3.81. The lowest BCUT2D eigenvalue weighted by Crippen LogP contribution is -2.26. The maximum Gasteiger partial charge on any atom is 0.123 e. The predicted molar refractivity (Wildman–Crippen MR) is 117 cm³/mol. The van der Waals surface area contributed by atoms with Crippen molar-refractivity contribution in [2.45, 2.75) is 31.8 Å². The molecule has 1 saturated heterocycles. The van der Waals surface area contributed by atoms with Gasteiger partial charge in [-0.25, -0.2) is 0 Å². The normalized spacial score (nSPS) is 16.5. The van der Waals surface area contributed by atoms with Gasteiger partial charge in [-0.3, -0.25) is 0 Å². The number of piperidine rings is 1. The van der Waals surface area contributed by atoms with Gasteiger partial charge in [0.1, 0.15) is 5.75 Å². The summed E-state index contributed by atoms with van der Waals surface area (Å²) >= 11 is 0. The summed E-state index contributed by atoms with van der Waals surface area (Å²) in [4.78, 5) is 0. The average Bonchev–Trinajstić information content (AvgIpc) is 2.79. The monoisotopic (exact) mass is 372 g/mol. The van der Waals surface area contributed by atoms with Crippen LogP contribution in [0.25, 0.3) is 11.1 Å². The van der Waals surface area contributed by atoms with E-state index in [0.717, 1.165) is 30.1 Å². The molecule has 28 heavy (non-hydrogen) atoms. The zero-order valence-corrected chi connectivity index (χ0v) is 16.4. The van der Waals surface area contributed by atoms with Crippen LogP contribution in [-0.4, -0.2) is 13.7 Å². The SMILES string of the molecule is COc1ccc(-c2ccccc2)cc1CNc1cccc([C@@H]2CCCCN2)c1. The average molecular weight is 373 g/mol. The molecule has 3 heteroatoms. The van der Waals surface area contributed by atoms with Crippen LogP contribution in [0.2, 0.25) is 0 Å². The predicted octanol–water partition coefficient (Wildman–Crippen LogP) is 5.79. The Bertz CT molecular complexity index is 901. The van der Waals surface area contributed by atoms with Gasteiger partial charge in [-0.05, 0) is 60.3 Å². The van der Waals surface area contributed by atoms with Gasteiger partial charge in [0.15, 0.2) is 0 Å². The van der Waals surface area contributed by atoms with Crippen molar-refractivity contribution in [1.82, 2.24) is 5.32 Å². The molecule has 0 amide bonds. The molecule has 3 aromatic rings. The first kappa shape index (κ1) is 18.6. The second kappa shape index (κ2) is 8.94. The van der Waals surface area contributed by atoms with Crippen LogP contribution in [0.5, 0.6) is 5.75 Å². The number of methoxy groups -OCH3 is 1. The van der Waals surface area contributed by atoms with Gasteiger partial charge < -0.3 is 15.4 Å². The van der Waals surface area contributed by atoms with E-state index in [-0.39, 0.29) is 0 Å². The molecule has 1 heterocycles. The number of rotatable bonds is 6. The number of ether oxygens (including phenoxy) is 1. The summed E-state index contributed by atoms with van der Waals surface area (Å²) in [7, 11) is 1.73. The van der Waals surface area contributed by atoms with E-state index in [1.807, 2.05) is 6.07 Å². The van der Waals surface area contributed by atoms with Gasteiger partial charge in [0.05, 0.1) is 7.11 Å². The van der Waals surface area contributed by atoms with Crippen LogP contribution in [-0.2, 0) is 6.54 Å². The van der Waals surface area contributed by atoms with Crippen molar-refractivity contribution in [3.8, 4) is 16.9 Å². The van der Waals surface area contributed by atoms with E-state index in [0.29, 0.717) is 6.04 Å². The highest BCUT2D eigenvalue weighted by Gasteiger charge is 2.14. The Morgan fingerprint density at radius 3 is 2.61 bits per heavy atom. The lowest BCUT2D eigenvalue weighted by molar-refractivity contribution is 0.410. The van der Waals surface area contributed by atoms with Crippen molar-refractivity contribution >= 4 is 5.69 Å². The third kappa shape index (κ3) is 4.37. The van der Waals surface area contributed by atoms with E-state index >= 15 is 0 Å². The molecular weight excluding hydrogens is 344 g/mol. The number of hydrogen-bond acceptors (Lipinski definition) is 3. The molecule has 1 fully saturated rings. The van der Waals surface area contributed by atoms with E-state index < -0.39 is 0 Å². The molecular formula is C25H28N2O. The van der Waals surface area contributed by atoms with Crippen LogP contribution in [0.3, 0.4) is 0 Å². The molecule has 0 spiro atoms. The molecule has 0 aliphatic carbocycles. The van der Waals surface area contributed by atoms with E-state index in [1.54, 1.807) is 7.11 Å². The Balaban J connectivity index is 1.51. The molecule has 3 aromatic carbocycles. The summed E-state index contributed by atoms with van der Waals surface area (Å²) in [6, 6.07) is 26.1. The van der Waals surface area contributed by atoms with Gasteiger partial charge in [0, 0.05) is 23.8 Å². The second-order valence-corrected chi connectivity index (χ2v) is 7.37. The first-order valence-electron chi connectivity index (χ1n) is 10.1. The Kier molecular flexibility index (Phi) is 5.93. The minimum atomic E-state index is 0.478. The van der Waals surface area contributed by atoms with Crippen molar-refractivity contribution in [3.63, 3.8) is 0 Å². The molecule has 0 saturated carbocycles. The van der Waals surface area contributed by atoms with Gasteiger partial charge in [-0.2, -0.15) is 0 Å². The summed E-state index contributed by atoms with van der Waals surface area (Å²) < 4.78 is 5.59. The molecule has 144 valence electrons. The quantitative estimate of drug-likeness (QED) is 0.575. The van der Waals surface area contributed by atoms with Crippen molar-refractivity contribution < 1.29 is 4.74 Å². The Labute approximate surface area is 167 Å². The maximum atomic E-state index is 5.59. The number of anilines is 1. The van der Waals surface area contributed by atoms with Gasteiger partial charge in [0.2, 0.25) is 0 Å². The standard InChI is InChI=1S/C25H28N2O/c1-28-25-14-13-20(19-8-3-2-4-9-19)16-22(25)18-27-23-11-7-10-21(17-23)24-12-5-6-15-26-24/h2-4,7-11,13-14,16-17,24,26-27H,5-6,12,15,18H2,1H3/t24-/m0/s1. The third-order valence-electron chi connectivity index (χ3n) is 5.47. The highest BCUT2D eigenvalue weighted by molar-refractivity contribution is 5.66. The van der Waals surface area contributed by atoms with Crippen LogP contribution in [0.4, 0.5) is 5.69 Å². The lowest BCUT2D eigenvalue weighted by Gasteiger charge is -2.24. The topological polar surface area (TPSA) is 33.3 Å². The second-order valence-electron chi connectivity index (χ2n) is 7.37. The lowest BCUT2D eigenvalue weighted by atomic mass is 9.97. The minimum Gasteiger partial charge on any atom is -0.496 e. The zero-order valence-electron chi connectivity index (χ0n) is 16.4. The van der Waals surface area contributed by atoms with Crippen molar-refractivity contribution in [1.29, 1.82) is 0 Å². The molecule has 3 nitrogen and oxygen atoms in total. The largest absolute Gasteiger partial charge is 0.496 e. The number of hydrogen-bond donors (Lipinski definition) is 2. The van der Waals surface area contributed by atoms with Crippen molar-refractivity contribution in [2.24, 2.45) is 0 Å². The van der Waals surface area contributed by atoms with Crippen molar-refractivity contribution in [2.75, 3.05) is 19.0 Å². The van der Waals surface area contributed by atoms with Crippen LogP contribution in [0, 0.1) is 0 Å². The smallest absolute Gasteiger partial charge is 0.123 e. The molecule has 1 aliphatic rings. The van der Waals surface area contributed by atoms with E-state index in [9.17, 15) is 0 Å². The van der Waals surface area contributed by atoms with E-state index in [2.05, 4.69) is 77.4 Å². The summed E-state index contributed by atoms with van der Waals surface area (Å²) in [5, 5.41) is 7.22. The molecule has 1 atom stereocenters. The molecule has 4 rings (SSSR count). The number of nitrogens with one attached hydrogen (secondary N) is 2. The minimum absolute atomic E-state index is 0.478. The van der Waals surface area contributed by atoms with Gasteiger partial charge >= 0.3 is 0 Å². The molecule has 0 bridgehead atoms. The molecule has 2 N–H and O–H groups in total.